The standard InChI is InChI=1S/C17H29N3O/c1-6-14-15(18-7-2)19-11-20-16(14)21-13-8-12(3)9-17(4,5)10-13/h11-13H,6-10H2,1-5H3,(H,18,19,20). The monoisotopic (exact) mass is 291 g/mol. The second kappa shape index (κ2) is 6.63. The lowest BCUT2D eigenvalue weighted by Gasteiger charge is -2.38. The highest BCUT2D eigenvalue weighted by Crippen LogP contribution is 2.40. The molecule has 0 bridgehead atoms. The minimum absolute atomic E-state index is 0.262. The summed E-state index contributed by atoms with van der Waals surface area (Å²) >= 11 is 0. The SMILES string of the molecule is CCNc1ncnc(OC2CC(C)CC(C)(C)C2)c1CC. The van der Waals surface area contributed by atoms with Crippen molar-refractivity contribution >= 4 is 5.82 Å². The molecule has 1 aliphatic rings. The van der Waals surface area contributed by atoms with Gasteiger partial charge in [0.05, 0.1) is 5.56 Å². The van der Waals surface area contributed by atoms with E-state index in [4.69, 9.17) is 4.74 Å². The maximum Gasteiger partial charge on any atom is 0.222 e. The molecule has 2 unspecified atom stereocenters. The predicted octanol–water partition coefficient (Wildman–Crippen LogP) is 4.06. The Hall–Kier alpha value is -1.32. The Balaban J connectivity index is 2.17. The van der Waals surface area contributed by atoms with Gasteiger partial charge in [0.15, 0.2) is 0 Å². The molecule has 2 rings (SSSR count). The second-order valence-corrected chi connectivity index (χ2v) is 7.04. The Kier molecular flexibility index (Phi) is 5.07. The van der Waals surface area contributed by atoms with Crippen LogP contribution in [0.2, 0.25) is 0 Å². The number of rotatable bonds is 5. The minimum Gasteiger partial charge on any atom is -0.474 e. The fraction of sp³-hybridized carbons (Fsp3) is 0.765. The molecule has 0 aliphatic heterocycles. The molecule has 0 aromatic carbocycles. The largest absolute Gasteiger partial charge is 0.474 e. The molecule has 2 atom stereocenters. The fourth-order valence-corrected chi connectivity index (χ4v) is 3.64. The first-order chi connectivity index (χ1) is 9.95. The Morgan fingerprint density at radius 2 is 2.05 bits per heavy atom. The topological polar surface area (TPSA) is 47.0 Å². The van der Waals surface area contributed by atoms with E-state index in [0.717, 1.165) is 43.1 Å². The van der Waals surface area contributed by atoms with Crippen LogP contribution in [0.15, 0.2) is 6.33 Å². The summed E-state index contributed by atoms with van der Waals surface area (Å²) < 4.78 is 6.28. The number of aromatic nitrogens is 2. The molecule has 0 spiro atoms. The van der Waals surface area contributed by atoms with Crippen LogP contribution in [0, 0.1) is 11.3 Å². The molecular formula is C17H29N3O. The molecule has 0 radical (unpaired) electrons. The lowest BCUT2D eigenvalue weighted by atomic mass is 9.71. The van der Waals surface area contributed by atoms with Crippen molar-refractivity contribution in [2.75, 3.05) is 11.9 Å². The third kappa shape index (κ3) is 4.08. The molecule has 0 saturated heterocycles. The fourth-order valence-electron chi connectivity index (χ4n) is 3.64. The van der Waals surface area contributed by atoms with E-state index >= 15 is 0 Å². The van der Waals surface area contributed by atoms with Gasteiger partial charge in [0.1, 0.15) is 18.2 Å². The molecule has 21 heavy (non-hydrogen) atoms. The number of nitrogens with zero attached hydrogens (tertiary/aromatic N) is 2. The average Bonchev–Trinajstić information content (AvgIpc) is 2.37. The number of nitrogens with one attached hydrogen (secondary N) is 1. The van der Waals surface area contributed by atoms with E-state index in [0.29, 0.717) is 11.3 Å². The Morgan fingerprint density at radius 1 is 1.29 bits per heavy atom. The number of ether oxygens (including phenoxy) is 1. The first-order valence-electron chi connectivity index (χ1n) is 8.19. The third-order valence-electron chi connectivity index (χ3n) is 4.23. The van der Waals surface area contributed by atoms with Gasteiger partial charge in [0.25, 0.3) is 0 Å². The number of anilines is 1. The molecule has 1 saturated carbocycles. The van der Waals surface area contributed by atoms with Crippen molar-refractivity contribution in [3.8, 4) is 5.88 Å². The Morgan fingerprint density at radius 3 is 2.67 bits per heavy atom. The van der Waals surface area contributed by atoms with Gasteiger partial charge in [0, 0.05) is 6.54 Å². The molecule has 4 nitrogen and oxygen atoms in total. The highest BCUT2D eigenvalue weighted by Gasteiger charge is 2.33. The van der Waals surface area contributed by atoms with Gasteiger partial charge in [-0.1, -0.05) is 27.7 Å². The molecule has 1 N–H and O–H groups in total. The van der Waals surface area contributed by atoms with Gasteiger partial charge in [-0.2, -0.15) is 0 Å². The zero-order chi connectivity index (χ0) is 15.5. The molecular weight excluding hydrogens is 262 g/mol. The van der Waals surface area contributed by atoms with E-state index in [-0.39, 0.29) is 6.10 Å². The summed E-state index contributed by atoms with van der Waals surface area (Å²) in [6.07, 6.45) is 6.24. The van der Waals surface area contributed by atoms with E-state index < -0.39 is 0 Å². The summed E-state index contributed by atoms with van der Waals surface area (Å²) in [4.78, 5) is 8.72. The van der Waals surface area contributed by atoms with Crippen molar-refractivity contribution < 1.29 is 4.74 Å². The van der Waals surface area contributed by atoms with Crippen LogP contribution >= 0.6 is 0 Å². The van der Waals surface area contributed by atoms with Crippen LogP contribution in [-0.4, -0.2) is 22.6 Å². The van der Waals surface area contributed by atoms with Crippen molar-refractivity contribution in [2.24, 2.45) is 11.3 Å². The summed E-state index contributed by atoms with van der Waals surface area (Å²) in [7, 11) is 0. The zero-order valence-electron chi connectivity index (χ0n) is 14.1. The van der Waals surface area contributed by atoms with Crippen molar-refractivity contribution in [2.45, 2.75) is 66.4 Å². The van der Waals surface area contributed by atoms with Gasteiger partial charge in [-0.15, -0.1) is 0 Å². The number of hydrogen-bond donors (Lipinski definition) is 1. The van der Waals surface area contributed by atoms with Gasteiger partial charge in [-0.05, 0) is 43.9 Å². The molecule has 1 aromatic rings. The molecule has 1 aromatic heterocycles. The van der Waals surface area contributed by atoms with Crippen molar-refractivity contribution in [3.05, 3.63) is 11.9 Å². The Labute approximate surface area is 128 Å². The van der Waals surface area contributed by atoms with E-state index in [1.165, 1.54) is 6.42 Å². The van der Waals surface area contributed by atoms with Gasteiger partial charge in [0.2, 0.25) is 5.88 Å². The van der Waals surface area contributed by atoms with Gasteiger partial charge in [-0.25, -0.2) is 9.97 Å². The van der Waals surface area contributed by atoms with Gasteiger partial charge >= 0.3 is 0 Å². The molecule has 118 valence electrons. The smallest absolute Gasteiger partial charge is 0.222 e. The van der Waals surface area contributed by atoms with Gasteiger partial charge in [-0.3, -0.25) is 0 Å². The van der Waals surface area contributed by atoms with Crippen LogP contribution in [0.4, 0.5) is 5.82 Å². The van der Waals surface area contributed by atoms with Crippen molar-refractivity contribution in [1.29, 1.82) is 0 Å². The lowest BCUT2D eigenvalue weighted by Crippen LogP contribution is -2.34. The van der Waals surface area contributed by atoms with Crippen LogP contribution < -0.4 is 10.1 Å². The molecule has 4 heteroatoms. The third-order valence-corrected chi connectivity index (χ3v) is 4.23. The van der Waals surface area contributed by atoms with Crippen LogP contribution in [-0.2, 0) is 6.42 Å². The van der Waals surface area contributed by atoms with E-state index in [2.05, 4.69) is 49.9 Å². The minimum atomic E-state index is 0.262. The van der Waals surface area contributed by atoms with E-state index in [1.807, 2.05) is 0 Å². The highest BCUT2D eigenvalue weighted by atomic mass is 16.5. The quantitative estimate of drug-likeness (QED) is 0.888. The van der Waals surface area contributed by atoms with E-state index in [9.17, 15) is 0 Å². The van der Waals surface area contributed by atoms with Crippen molar-refractivity contribution in [3.63, 3.8) is 0 Å². The Bertz CT molecular complexity index is 473. The summed E-state index contributed by atoms with van der Waals surface area (Å²) in [6, 6.07) is 0. The van der Waals surface area contributed by atoms with Crippen LogP contribution in [0.25, 0.3) is 0 Å². The van der Waals surface area contributed by atoms with Gasteiger partial charge < -0.3 is 10.1 Å². The summed E-state index contributed by atoms with van der Waals surface area (Å²) in [5, 5.41) is 3.30. The van der Waals surface area contributed by atoms with Crippen LogP contribution in [0.1, 0.15) is 59.4 Å². The summed E-state index contributed by atoms with van der Waals surface area (Å²) in [5.74, 6) is 2.38. The number of hydrogen-bond acceptors (Lipinski definition) is 4. The summed E-state index contributed by atoms with van der Waals surface area (Å²) in [6.45, 7) is 12.1. The van der Waals surface area contributed by atoms with Crippen LogP contribution in [0.5, 0.6) is 5.88 Å². The van der Waals surface area contributed by atoms with Crippen LogP contribution in [0.3, 0.4) is 0 Å². The first kappa shape index (κ1) is 16.1. The molecule has 0 amide bonds. The maximum atomic E-state index is 6.28. The summed E-state index contributed by atoms with van der Waals surface area (Å²) in [5.41, 5.74) is 1.45. The second-order valence-electron chi connectivity index (χ2n) is 7.04. The van der Waals surface area contributed by atoms with E-state index in [1.54, 1.807) is 6.33 Å². The average molecular weight is 291 g/mol. The lowest BCUT2D eigenvalue weighted by molar-refractivity contribution is 0.0525. The maximum absolute atomic E-state index is 6.28. The molecule has 1 heterocycles. The first-order valence-corrected chi connectivity index (χ1v) is 8.19. The normalized spacial score (nSPS) is 24.6. The highest BCUT2D eigenvalue weighted by molar-refractivity contribution is 5.48. The molecule has 1 aliphatic carbocycles. The van der Waals surface area contributed by atoms with Crippen molar-refractivity contribution in [1.82, 2.24) is 9.97 Å². The molecule has 1 fully saturated rings. The zero-order valence-corrected chi connectivity index (χ0v) is 14.1. The predicted molar refractivity (Wildman–Crippen MR) is 86.8 cm³/mol.